The van der Waals surface area contributed by atoms with Gasteiger partial charge in [0.05, 0.1) is 13.2 Å². The van der Waals surface area contributed by atoms with Gasteiger partial charge in [0.2, 0.25) is 0 Å². The number of hydrogen-bond donors (Lipinski definition) is 4. The van der Waals surface area contributed by atoms with Gasteiger partial charge in [0.25, 0.3) is 0 Å². The fourth-order valence-corrected chi connectivity index (χ4v) is 3.38. The molecule has 2 aromatic carbocycles. The number of aliphatic hydroxyl groups is 2. The van der Waals surface area contributed by atoms with Gasteiger partial charge < -0.3 is 29.9 Å². The molecule has 0 aliphatic carbocycles. The van der Waals surface area contributed by atoms with Crippen LogP contribution in [0.25, 0.3) is 0 Å². The van der Waals surface area contributed by atoms with Gasteiger partial charge in [0.1, 0.15) is 11.5 Å². The van der Waals surface area contributed by atoms with Crippen LogP contribution in [0, 0.1) is 13.8 Å². The Labute approximate surface area is 253 Å². The molecule has 0 saturated carbocycles. The van der Waals surface area contributed by atoms with Gasteiger partial charge in [-0.05, 0) is 63.5 Å². The number of aliphatic hydroxyl groups excluding tert-OH is 2. The van der Waals surface area contributed by atoms with E-state index in [1.165, 1.54) is 0 Å². The number of hydrogen-bond acceptors (Lipinski definition) is 6. The van der Waals surface area contributed by atoms with Crippen LogP contribution in [-0.2, 0) is 55.2 Å². The van der Waals surface area contributed by atoms with Gasteiger partial charge in [-0.25, -0.2) is 0 Å². The van der Waals surface area contributed by atoms with Crippen LogP contribution in [0.3, 0.4) is 0 Å². The first kappa shape index (κ1) is 42.1. The minimum atomic E-state index is -0.167. The van der Waals surface area contributed by atoms with E-state index >= 15 is 0 Å². The molecule has 0 atom stereocenters. The molecular weight excluding hydrogens is 528 g/mol. The summed E-state index contributed by atoms with van der Waals surface area (Å²) in [5, 5.41) is 36.3. The van der Waals surface area contributed by atoms with E-state index in [0.29, 0.717) is 24.7 Å². The SMILES string of the molecule is CC(C)O.CC(C)O.COCc1cc(C)cc(C(C)(C)C)c1O.COCc1cc(C)cc(C(C)(C)C)c1O.[Ti]. The molecule has 0 spiro atoms. The Balaban J connectivity index is -0.000000512. The predicted octanol–water partition coefficient (Wildman–Crippen LogP) is 7.06. The molecular formula is C32H56O6Ti. The van der Waals surface area contributed by atoms with Crippen molar-refractivity contribution in [2.45, 2.75) is 119 Å². The van der Waals surface area contributed by atoms with Gasteiger partial charge in [-0.3, -0.25) is 0 Å². The maximum atomic E-state index is 10.1. The van der Waals surface area contributed by atoms with Crippen molar-refractivity contribution >= 4 is 0 Å². The van der Waals surface area contributed by atoms with Crippen LogP contribution >= 0.6 is 0 Å². The van der Waals surface area contributed by atoms with Crippen molar-refractivity contribution in [3.8, 4) is 11.5 Å². The summed E-state index contributed by atoms with van der Waals surface area (Å²) >= 11 is 0. The summed E-state index contributed by atoms with van der Waals surface area (Å²) in [4.78, 5) is 0. The van der Waals surface area contributed by atoms with Gasteiger partial charge >= 0.3 is 0 Å². The smallest absolute Gasteiger partial charge is 0.124 e. The number of methoxy groups -OCH3 is 2. The molecule has 224 valence electrons. The minimum Gasteiger partial charge on any atom is -0.507 e. The Hall–Kier alpha value is -1.41. The van der Waals surface area contributed by atoms with Gasteiger partial charge in [-0.15, -0.1) is 0 Å². The Morgan fingerprint density at radius 1 is 0.615 bits per heavy atom. The van der Waals surface area contributed by atoms with Crippen molar-refractivity contribution in [1.82, 2.24) is 0 Å². The molecule has 0 amide bonds. The number of aryl methyl sites for hydroxylation is 2. The second-order valence-corrected chi connectivity index (χ2v) is 12.2. The Kier molecular flexibility index (Phi) is 21.2. The third kappa shape index (κ3) is 18.5. The summed E-state index contributed by atoms with van der Waals surface area (Å²) in [5.74, 6) is 0.741. The summed E-state index contributed by atoms with van der Waals surface area (Å²) in [6.45, 7) is 24.4. The molecule has 0 aliphatic heterocycles. The average Bonchev–Trinajstić information content (AvgIpc) is 2.71. The number of ether oxygens (including phenoxy) is 2. The molecule has 6 nitrogen and oxygen atoms in total. The van der Waals surface area contributed by atoms with Gasteiger partial charge in [-0.1, -0.05) is 76.9 Å². The van der Waals surface area contributed by atoms with Gasteiger partial charge in [-0.2, -0.15) is 0 Å². The zero-order chi connectivity index (χ0) is 30.4. The second kappa shape index (κ2) is 19.6. The summed E-state index contributed by atoms with van der Waals surface area (Å²) in [6.07, 6.45) is -0.333. The van der Waals surface area contributed by atoms with Crippen LogP contribution in [-0.4, -0.2) is 46.9 Å². The van der Waals surface area contributed by atoms with E-state index in [9.17, 15) is 10.2 Å². The van der Waals surface area contributed by atoms with E-state index in [0.717, 1.165) is 33.4 Å². The van der Waals surface area contributed by atoms with Crippen LogP contribution < -0.4 is 0 Å². The van der Waals surface area contributed by atoms with E-state index in [1.54, 1.807) is 41.9 Å². The Morgan fingerprint density at radius 2 is 0.846 bits per heavy atom. The zero-order valence-corrected chi connectivity index (χ0v) is 28.5. The van der Waals surface area contributed by atoms with E-state index in [-0.39, 0.29) is 44.8 Å². The zero-order valence-electron chi connectivity index (χ0n) is 27.0. The molecule has 7 heteroatoms. The molecule has 0 radical (unpaired) electrons. The largest absolute Gasteiger partial charge is 0.507 e. The Bertz CT molecular complexity index is 858. The first-order valence-corrected chi connectivity index (χ1v) is 13.2. The predicted molar refractivity (Wildman–Crippen MR) is 159 cm³/mol. The van der Waals surface area contributed by atoms with Gasteiger partial charge in [0.15, 0.2) is 0 Å². The van der Waals surface area contributed by atoms with Crippen LogP contribution in [0.15, 0.2) is 24.3 Å². The minimum absolute atomic E-state index is 0. The number of phenols is 2. The fourth-order valence-electron chi connectivity index (χ4n) is 3.38. The number of benzene rings is 2. The molecule has 0 bridgehead atoms. The Morgan fingerprint density at radius 3 is 1.03 bits per heavy atom. The molecule has 39 heavy (non-hydrogen) atoms. The van der Waals surface area contributed by atoms with Gasteiger partial charge in [0, 0.05) is 59.3 Å². The van der Waals surface area contributed by atoms with Crippen molar-refractivity contribution in [3.05, 3.63) is 57.6 Å². The van der Waals surface area contributed by atoms with Crippen molar-refractivity contribution in [2.24, 2.45) is 0 Å². The monoisotopic (exact) mass is 584 g/mol. The fraction of sp³-hybridized carbons (Fsp3) is 0.625. The third-order valence-electron chi connectivity index (χ3n) is 4.88. The van der Waals surface area contributed by atoms with Crippen molar-refractivity contribution in [3.63, 3.8) is 0 Å². The normalized spacial score (nSPS) is 10.9. The third-order valence-corrected chi connectivity index (χ3v) is 4.88. The van der Waals surface area contributed by atoms with Crippen molar-refractivity contribution < 1.29 is 51.6 Å². The first-order chi connectivity index (χ1) is 17.2. The molecule has 0 unspecified atom stereocenters. The molecule has 4 N–H and O–H groups in total. The number of phenolic OH excluding ortho intramolecular Hbond substituents is 2. The molecule has 2 aromatic rings. The molecule has 0 aromatic heterocycles. The number of aromatic hydroxyl groups is 2. The van der Waals surface area contributed by atoms with E-state index in [2.05, 4.69) is 41.5 Å². The average molecular weight is 585 g/mol. The van der Waals surface area contributed by atoms with E-state index in [1.807, 2.05) is 38.1 Å². The maximum Gasteiger partial charge on any atom is 0.124 e. The quantitative estimate of drug-likeness (QED) is 0.287. The first-order valence-electron chi connectivity index (χ1n) is 13.2. The number of rotatable bonds is 4. The summed E-state index contributed by atoms with van der Waals surface area (Å²) in [5.41, 5.74) is 5.92. The molecule has 0 heterocycles. The van der Waals surface area contributed by atoms with Crippen molar-refractivity contribution in [2.75, 3.05) is 14.2 Å². The topological polar surface area (TPSA) is 99.4 Å². The maximum absolute atomic E-state index is 10.1. The van der Waals surface area contributed by atoms with Crippen LogP contribution in [0.2, 0.25) is 0 Å². The molecule has 0 saturated heterocycles. The van der Waals surface area contributed by atoms with Crippen LogP contribution in [0.1, 0.15) is 103 Å². The van der Waals surface area contributed by atoms with Crippen LogP contribution in [0.5, 0.6) is 11.5 Å². The summed E-state index contributed by atoms with van der Waals surface area (Å²) in [7, 11) is 3.27. The van der Waals surface area contributed by atoms with E-state index < -0.39 is 0 Å². The molecule has 2 rings (SSSR count). The summed E-state index contributed by atoms with van der Waals surface area (Å²) < 4.78 is 10.1. The van der Waals surface area contributed by atoms with Crippen molar-refractivity contribution in [1.29, 1.82) is 0 Å². The van der Waals surface area contributed by atoms with E-state index in [4.69, 9.17) is 19.7 Å². The molecule has 0 aliphatic rings. The molecule has 0 fully saturated rings. The van der Waals surface area contributed by atoms with Crippen LogP contribution in [0.4, 0.5) is 0 Å². The summed E-state index contributed by atoms with van der Waals surface area (Å²) in [6, 6.07) is 8.01. The second-order valence-electron chi connectivity index (χ2n) is 12.2. The standard InChI is InChI=1S/2C13H20O2.2C3H8O.Ti/c2*1-9-6-10(8-15-5)12(14)11(7-9)13(2,3)4;2*1-3(2)4;/h2*6-7,14H,8H2,1-5H3;2*3-4H,1-2H3;.